The Labute approximate surface area is 188 Å². The van der Waals surface area contributed by atoms with Crippen molar-refractivity contribution in [2.24, 2.45) is 0 Å². The van der Waals surface area contributed by atoms with Gasteiger partial charge >= 0.3 is 0 Å². The summed E-state index contributed by atoms with van der Waals surface area (Å²) in [6.07, 6.45) is 0. The van der Waals surface area contributed by atoms with Crippen LogP contribution in [0.3, 0.4) is 0 Å². The summed E-state index contributed by atoms with van der Waals surface area (Å²) in [5, 5.41) is 2.86. The van der Waals surface area contributed by atoms with E-state index in [0.29, 0.717) is 5.30 Å². The Kier molecular flexibility index (Phi) is 6.49. The maximum Gasteiger partial charge on any atom is 0.295 e. The van der Waals surface area contributed by atoms with Crippen molar-refractivity contribution >= 4 is 34.0 Å². The van der Waals surface area contributed by atoms with E-state index in [2.05, 4.69) is 65.8 Å². The molecule has 0 amide bonds. The summed E-state index contributed by atoms with van der Waals surface area (Å²) < 4.78 is 34.8. The lowest BCUT2D eigenvalue weighted by molar-refractivity contribution is 0.484. The molecule has 3 nitrogen and oxygen atoms in total. The van der Waals surface area contributed by atoms with E-state index < -0.39 is 18.0 Å². The molecule has 0 aliphatic rings. The average molecular weight is 455 g/mol. The first-order chi connectivity index (χ1) is 14.3. The van der Waals surface area contributed by atoms with Crippen LogP contribution >= 0.6 is 7.92 Å². The zero-order valence-corrected chi connectivity index (χ0v) is 20.8. The minimum Gasteiger partial charge on any atom is -0.282 e. The molecule has 0 unspecified atom stereocenters. The summed E-state index contributed by atoms with van der Waals surface area (Å²) in [5.41, 5.74) is 2.10. The molecule has 0 heterocycles. The Morgan fingerprint density at radius 2 is 0.968 bits per heavy atom. The van der Waals surface area contributed by atoms with Crippen LogP contribution in [0.5, 0.6) is 0 Å². The third-order valence-corrected chi connectivity index (χ3v) is 8.97. The molecule has 31 heavy (non-hydrogen) atoms. The molecular formula is C26H31O3PS. The van der Waals surface area contributed by atoms with Gasteiger partial charge in [-0.25, -0.2) is 0 Å². The van der Waals surface area contributed by atoms with Gasteiger partial charge in [-0.2, -0.15) is 8.42 Å². The quantitative estimate of drug-likeness (QED) is 0.431. The summed E-state index contributed by atoms with van der Waals surface area (Å²) in [6.45, 7) is 13.0. The molecule has 0 aliphatic heterocycles. The number of hydrogen-bond acceptors (Lipinski definition) is 2. The first-order valence-electron chi connectivity index (χ1n) is 10.4. The van der Waals surface area contributed by atoms with Gasteiger partial charge < -0.3 is 0 Å². The van der Waals surface area contributed by atoms with Crippen molar-refractivity contribution in [2.45, 2.75) is 57.3 Å². The van der Waals surface area contributed by atoms with E-state index in [9.17, 15) is 13.0 Å². The van der Waals surface area contributed by atoms with Gasteiger partial charge in [0.1, 0.15) is 4.90 Å². The van der Waals surface area contributed by atoms with Gasteiger partial charge in [0.15, 0.2) is 0 Å². The second kappa shape index (κ2) is 8.50. The number of hydrogen-bond donors (Lipinski definition) is 1. The number of rotatable bonds is 4. The van der Waals surface area contributed by atoms with Crippen LogP contribution < -0.4 is 15.9 Å². The highest BCUT2D eigenvalue weighted by Crippen LogP contribution is 2.41. The third-order valence-electron chi connectivity index (χ3n) is 5.29. The van der Waals surface area contributed by atoms with E-state index in [1.165, 1.54) is 17.2 Å². The smallest absolute Gasteiger partial charge is 0.282 e. The lowest BCUT2D eigenvalue weighted by Crippen LogP contribution is -2.33. The predicted octanol–water partition coefficient (Wildman–Crippen LogP) is 5.29. The Morgan fingerprint density at radius 1 is 0.613 bits per heavy atom. The maximum absolute atomic E-state index is 12.4. The second-order valence-electron chi connectivity index (χ2n) is 9.81. The molecule has 0 spiro atoms. The Morgan fingerprint density at radius 3 is 1.35 bits per heavy atom. The molecule has 0 saturated carbocycles. The van der Waals surface area contributed by atoms with Crippen LogP contribution in [0, 0.1) is 0 Å². The van der Waals surface area contributed by atoms with Crippen molar-refractivity contribution < 1.29 is 13.0 Å². The molecule has 0 atom stereocenters. The highest BCUT2D eigenvalue weighted by molar-refractivity contribution is 7.88. The molecule has 0 aliphatic carbocycles. The van der Waals surface area contributed by atoms with Crippen molar-refractivity contribution in [1.82, 2.24) is 0 Å². The average Bonchev–Trinajstić information content (AvgIpc) is 2.67. The van der Waals surface area contributed by atoms with Crippen molar-refractivity contribution in [2.75, 3.05) is 0 Å². The first kappa shape index (κ1) is 23.7. The zero-order chi connectivity index (χ0) is 23.0. The van der Waals surface area contributed by atoms with Gasteiger partial charge in [0.25, 0.3) is 10.1 Å². The van der Waals surface area contributed by atoms with Gasteiger partial charge in [-0.1, -0.05) is 108 Å². The van der Waals surface area contributed by atoms with E-state index in [4.69, 9.17) is 0 Å². The lowest BCUT2D eigenvalue weighted by atomic mass is 9.87. The minimum absolute atomic E-state index is 0.0199. The topological polar surface area (TPSA) is 54.4 Å². The van der Waals surface area contributed by atoms with Gasteiger partial charge in [0.2, 0.25) is 0 Å². The van der Waals surface area contributed by atoms with E-state index in [1.54, 1.807) is 6.07 Å². The van der Waals surface area contributed by atoms with Crippen molar-refractivity contribution in [3.63, 3.8) is 0 Å². The summed E-state index contributed by atoms with van der Waals surface area (Å²) in [7, 11) is -5.62. The number of benzene rings is 3. The molecule has 164 valence electrons. The monoisotopic (exact) mass is 454 g/mol. The molecule has 0 aromatic heterocycles. The third kappa shape index (κ3) is 5.09. The zero-order valence-electron chi connectivity index (χ0n) is 19.0. The summed E-state index contributed by atoms with van der Waals surface area (Å²) >= 11 is 0. The van der Waals surface area contributed by atoms with Crippen molar-refractivity contribution in [1.29, 1.82) is 0 Å². The van der Waals surface area contributed by atoms with Crippen LogP contribution in [0.25, 0.3) is 0 Å². The van der Waals surface area contributed by atoms with E-state index in [0.717, 1.165) is 10.6 Å². The first-order valence-corrected chi connectivity index (χ1v) is 13.2. The van der Waals surface area contributed by atoms with Gasteiger partial charge in [0.05, 0.1) is 0 Å². The molecule has 3 aromatic carbocycles. The van der Waals surface area contributed by atoms with Crippen LogP contribution in [0.2, 0.25) is 0 Å². The normalized spacial score (nSPS) is 12.9. The van der Waals surface area contributed by atoms with Crippen LogP contribution in [-0.2, 0) is 20.9 Å². The minimum atomic E-state index is -4.37. The van der Waals surface area contributed by atoms with Gasteiger partial charge in [-0.15, -0.1) is 0 Å². The SMILES string of the molecule is CC(C)(C)c1ccccc1P(c1ccccc1C(C)(C)C)c1ccccc1S(=O)(=O)O. The molecule has 3 rings (SSSR count). The lowest BCUT2D eigenvalue weighted by Gasteiger charge is -2.32. The maximum atomic E-state index is 12.4. The standard InChI is InChI=1S/C26H31O3PS/c1-25(2,3)19-13-7-9-15-21(19)30(22-16-10-8-14-20(22)26(4,5)6)23-17-11-12-18-24(23)31(27,28)29/h7-18H,1-6H3,(H,27,28,29). The molecule has 0 saturated heterocycles. The summed E-state index contributed by atoms with van der Waals surface area (Å²) in [4.78, 5) is -0.0199. The molecule has 0 radical (unpaired) electrons. The fourth-order valence-electron chi connectivity index (χ4n) is 3.86. The van der Waals surface area contributed by atoms with E-state index in [-0.39, 0.29) is 15.7 Å². The van der Waals surface area contributed by atoms with Crippen LogP contribution in [-0.4, -0.2) is 13.0 Å². The van der Waals surface area contributed by atoms with Crippen LogP contribution in [0.15, 0.2) is 77.7 Å². The predicted molar refractivity (Wildman–Crippen MR) is 132 cm³/mol. The van der Waals surface area contributed by atoms with E-state index in [1.807, 2.05) is 36.4 Å². The summed E-state index contributed by atoms with van der Waals surface area (Å²) in [5.74, 6) is 0. The molecular weight excluding hydrogens is 423 g/mol. The Bertz CT molecular complexity index is 1130. The summed E-state index contributed by atoms with van der Waals surface area (Å²) in [6, 6.07) is 23.4. The van der Waals surface area contributed by atoms with Crippen molar-refractivity contribution in [3.05, 3.63) is 83.9 Å². The molecule has 0 bridgehead atoms. The van der Waals surface area contributed by atoms with Gasteiger partial charge in [0, 0.05) is 5.30 Å². The van der Waals surface area contributed by atoms with Gasteiger partial charge in [-0.3, -0.25) is 4.55 Å². The highest BCUT2D eigenvalue weighted by atomic mass is 32.2. The van der Waals surface area contributed by atoms with Crippen molar-refractivity contribution in [3.8, 4) is 0 Å². The Hall–Kier alpha value is -2.00. The molecule has 0 fully saturated rings. The Balaban J connectivity index is 2.47. The second-order valence-corrected chi connectivity index (χ2v) is 13.3. The molecule has 3 aromatic rings. The molecule has 1 N–H and O–H groups in total. The van der Waals surface area contributed by atoms with E-state index >= 15 is 0 Å². The highest BCUT2D eigenvalue weighted by Gasteiger charge is 2.32. The largest absolute Gasteiger partial charge is 0.295 e. The van der Waals surface area contributed by atoms with Crippen LogP contribution in [0.4, 0.5) is 0 Å². The van der Waals surface area contributed by atoms with Gasteiger partial charge in [-0.05, 0) is 46.6 Å². The fourth-order valence-corrected chi connectivity index (χ4v) is 8.14. The molecule has 5 heteroatoms. The fraction of sp³-hybridized carbons (Fsp3) is 0.308. The van der Waals surface area contributed by atoms with Crippen LogP contribution in [0.1, 0.15) is 52.7 Å².